The van der Waals surface area contributed by atoms with Crippen LogP contribution in [0.1, 0.15) is 6.42 Å². The van der Waals surface area contributed by atoms with Gasteiger partial charge in [-0.25, -0.2) is 22.8 Å². The first-order valence-corrected chi connectivity index (χ1v) is 10.2. The molecule has 10 heteroatoms. The van der Waals surface area contributed by atoms with Crippen molar-refractivity contribution < 1.29 is 13.2 Å². The Labute approximate surface area is 163 Å². The summed E-state index contributed by atoms with van der Waals surface area (Å²) >= 11 is 3.18. The molecule has 0 saturated carbocycles. The van der Waals surface area contributed by atoms with Crippen LogP contribution in [0.15, 0.2) is 69.0 Å². The molecular weight excluding hydrogens is 436 g/mol. The summed E-state index contributed by atoms with van der Waals surface area (Å²) in [5.74, 6) is -0.524. The van der Waals surface area contributed by atoms with Crippen LogP contribution >= 0.6 is 15.9 Å². The Bertz CT molecular complexity index is 1160. The van der Waals surface area contributed by atoms with Gasteiger partial charge >= 0.3 is 0 Å². The molecule has 0 spiro atoms. The van der Waals surface area contributed by atoms with Gasteiger partial charge in [0.1, 0.15) is 6.33 Å². The summed E-state index contributed by atoms with van der Waals surface area (Å²) in [4.78, 5) is 28.5. The fourth-order valence-electron chi connectivity index (χ4n) is 2.38. The average molecular weight is 451 g/mol. The van der Waals surface area contributed by atoms with Crippen LogP contribution in [0.2, 0.25) is 0 Å². The molecule has 8 nitrogen and oxygen atoms in total. The number of nitrogens with zero attached hydrogens (tertiary/aromatic N) is 2. The average Bonchev–Trinajstić information content (AvgIpc) is 2.64. The molecule has 0 aliphatic heterocycles. The lowest BCUT2D eigenvalue weighted by molar-refractivity contribution is -0.117. The molecule has 0 fully saturated rings. The van der Waals surface area contributed by atoms with E-state index < -0.39 is 21.5 Å². The molecule has 0 aliphatic rings. The summed E-state index contributed by atoms with van der Waals surface area (Å²) < 4.78 is 28.3. The Morgan fingerprint density at radius 2 is 1.81 bits per heavy atom. The van der Waals surface area contributed by atoms with Gasteiger partial charge in [-0.2, -0.15) is 0 Å². The molecule has 2 aromatic carbocycles. The van der Waals surface area contributed by atoms with Gasteiger partial charge in [-0.15, -0.1) is 0 Å². The Morgan fingerprint density at radius 3 is 2.59 bits per heavy atom. The van der Waals surface area contributed by atoms with Gasteiger partial charge in [-0.1, -0.05) is 24.3 Å². The zero-order valence-corrected chi connectivity index (χ0v) is 16.3. The van der Waals surface area contributed by atoms with E-state index in [0.717, 1.165) is 4.68 Å². The van der Waals surface area contributed by atoms with Gasteiger partial charge in [0.05, 0.1) is 15.8 Å². The van der Waals surface area contributed by atoms with Crippen molar-refractivity contribution in [2.24, 2.45) is 0 Å². The molecule has 3 rings (SSSR count). The van der Waals surface area contributed by atoms with E-state index >= 15 is 0 Å². The lowest BCUT2D eigenvalue weighted by atomic mass is 10.2. The van der Waals surface area contributed by atoms with Gasteiger partial charge in [0.2, 0.25) is 15.9 Å². The molecular formula is C17H15BrN4O4S. The zero-order valence-electron chi connectivity index (χ0n) is 13.9. The fraction of sp³-hybridized carbons (Fsp3) is 0.118. The van der Waals surface area contributed by atoms with Crippen LogP contribution in [-0.2, 0) is 14.8 Å². The normalized spacial score (nSPS) is 11.4. The van der Waals surface area contributed by atoms with E-state index in [9.17, 15) is 18.0 Å². The first kappa shape index (κ1) is 19.2. The third-order valence-electron chi connectivity index (χ3n) is 3.68. The Balaban J connectivity index is 1.63. The summed E-state index contributed by atoms with van der Waals surface area (Å²) in [5, 5.41) is 0.370. The lowest BCUT2D eigenvalue weighted by Crippen LogP contribution is -2.35. The number of halogens is 1. The fourth-order valence-corrected chi connectivity index (χ4v) is 4.41. The van der Waals surface area contributed by atoms with Crippen LogP contribution in [-0.4, -0.2) is 30.5 Å². The number of hydrogen-bond donors (Lipinski definition) is 2. The van der Waals surface area contributed by atoms with Crippen LogP contribution in [0.4, 0.5) is 0 Å². The second-order valence-corrected chi connectivity index (χ2v) is 8.14. The predicted octanol–water partition coefficient (Wildman–Crippen LogP) is 1.60. The number of rotatable bonds is 6. The Hall–Kier alpha value is -2.56. The number of sulfonamides is 1. The minimum atomic E-state index is -3.75. The molecule has 0 radical (unpaired) electrons. The lowest BCUT2D eigenvalue weighted by Gasteiger charge is -2.10. The third kappa shape index (κ3) is 4.41. The van der Waals surface area contributed by atoms with E-state index in [1.807, 2.05) is 0 Å². The van der Waals surface area contributed by atoms with Crippen molar-refractivity contribution in [2.45, 2.75) is 11.3 Å². The molecule has 0 atom stereocenters. The molecule has 2 N–H and O–H groups in total. The van der Waals surface area contributed by atoms with Gasteiger partial charge in [-0.05, 0) is 40.2 Å². The van der Waals surface area contributed by atoms with Crippen molar-refractivity contribution in [2.75, 3.05) is 12.0 Å². The Morgan fingerprint density at radius 1 is 1.11 bits per heavy atom. The number of carbonyl (C=O) groups excluding carboxylic acids is 1. The van der Waals surface area contributed by atoms with E-state index in [4.69, 9.17) is 0 Å². The monoisotopic (exact) mass is 450 g/mol. The largest absolute Gasteiger partial charge is 0.280 e. The minimum Gasteiger partial charge on any atom is -0.273 e. The first-order chi connectivity index (χ1) is 12.9. The summed E-state index contributed by atoms with van der Waals surface area (Å²) in [5.41, 5.74) is 2.51. The Kier molecular flexibility index (Phi) is 5.68. The molecule has 1 amide bonds. The second kappa shape index (κ2) is 7.99. The third-order valence-corrected chi connectivity index (χ3v) is 6.15. The molecule has 0 unspecified atom stereocenters. The van der Waals surface area contributed by atoms with Crippen molar-refractivity contribution in [3.05, 3.63) is 69.7 Å². The van der Waals surface area contributed by atoms with Crippen molar-refractivity contribution in [1.29, 1.82) is 0 Å². The van der Waals surface area contributed by atoms with Gasteiger partial charge in [0.25, 0.3) is 5.56 Å². The maximum atomic E-state index is 12.3. The molecule has 1 aromatic heterocycles. The molecule has 140 valence electrons. The highest BCUT2D eigenvalue weighted by atomic mass is 79.9. The molecule has 27 heavy (non-hydrogen) atoms. The molecule has 0 aliphatic carbocycles. The molecule has 0 bridgehead atoms. The van der Waals surface area contributed by atoms with Crippen LogP contribution in [0, 0.1) is 0 Å². The topological polar surface area (TPSA) is 110 Å². The smallest absolute Gasteiger partial charge is 0.273 e. The van der Waals surface area contributed by atoms with Crippen LogP contribution in [0.5, 0.6) is 0 Å². The maximum absolute atomic E-state index is 12.3. The van der Waals surface area contributed by atoms with Crippen LogP contribution in [0.3, 0.4) is 0 Å². The summed E-state index contributed by atoms with van der Waals surface area (Å²) in [6, 6.07) is 13.1. The van der Waals surface area contributed by atoms with E-state index in [2.05, 4.69) is 31.1 Å². The number of carbonyl (C=O) groups is 1. The number of benzene rings is 2. The summed E-state index contributed by atoms with van der Waals surface area (Å²) in [7, 11) is -3.75. The number of aromatic nitrogens is 2. The second-order valence-electron chi connectivity index (χ2n) is 5.55. The number of nitrogens with one attached hydrogen (secondary N) is 2. The standard InChI is InChI=1S/C17H15BrN4O4S/c18-13-6-2-4-8-15(13)27(25,26)20-10-9-16(23)21-22-11-19-14-7-3-1-5-12(14)17(22)24/h1-8,11,20H,9-10H2,(H,21,23). The van der Waals surface area contributed by atoms with E-state index in [1.54, 1.807) is 42.5 Å². The summed E-state index contributed by atoms with van der Waals surface area (Å²) in [6.07, 6.45) is 1.07. The van der Waals surface area contributed by atoms with Gasteiger partial charge in [-0.3, -0.25) is 15.0 Å². The highest BCUT2D eigenvalue weighted by Gasteiger charge is 2.17. The quantitative estimate of drug-likeness (QED) is 0.592. The van der Waals surface area contributed by atoms with Crippen molar-refractivity contribution in [3.63, 3.8) is 0 Å². The molecule has 0 saturated heterocycles. The van der Waals surface area contributed by atoms with Gasteiger partial charge in [0.15, 0.2) is 0 Å². The summed E-state index contributed by atoms with van der Waals surface area (Å²) in [6.45, 7) is -0.120. The predicted molar refractivity (Wildman–Crippen MR) is 104 cm³/mol. The van der Waals surface area contributed by atoms with E-state index in [0.29, 0.717) is 15.4 Å². The van der Waals surface area contributed by atoms with Crippen molar-refractivity contribution >= 4 is 42.8 Å². The number of hydrogen-bond acceptors (Lipinski definition) is 5. The van der Waals surface area contributed by atoms with E-state index in [-0.39, 0.29) is 17.9 Å². The number of fused-ring (bicyclic) bond motifs is 1. The minimum absolute atomic E-state index is 0.0837. The first-order valence-electron chi connectivity index (χ1n) is 7.89. The van der Waals surface area contributed by atoms with Crippen molar-refractivity contribution in [1.82, 2.24) is 14.4 Å². The highest BCUT2D eigenvalue weighted by molar-refractivity contribution is 9.10. The SMILES string of the molecule is O=C(CCNS(=O)(=O)c1ccccc1Br)Nn1cnc2ccccc2c1=O. The van der Waals surface area contributed by atoms with Gasteiger partial charge in [0, 0.05) is 17.4 Å². The highest BCUT2D eigenvalue weighted by Crippen LogP contribution is 2.20. The number of para-hydroxylation sites is 1. The van der Waals surface area contributed by atoms with E-state index in [1.165, 1.54) is 12.4 Å². The van der Waals surface area contributed by atoms with Crippen molar-refractivity contribution in [3.8, 4) is 0 Å². The number of amides is 1. The van der Waals surface area contributed by atoms with Crippen LogP contribution in [0.25, 0.3) is 10.9 Å². The zero-order chi connectivity index (χ0) is 19.4. The van der Waals surface area contributed by atoms with Gasteiger partial charge < -0.3 is 0 Å². The maximum Gasteiger partial charge on any atom is 0.280 e. The molecule has 1 heterocycles. The van der Waals surface area contributed by atoms with Crippen LogP contribution < -0.4 is 15.7 Å². The molecule has 3 aromatic rings.